The second kappa shape index (κ2) is 9.47. The minimum absolute atomic E-state index is 0.362. The molecule has 3 N–H and O–H groups in total. The summed E-state index contributed by atoms with van der Waals surface area (Å²) < 4.78 is 8.33. The van der Waals surface area contributed by atoms with Gasteiger partial charge in [0.2, 0.25) is 12.0 Å². The molecular weight excluding hydrogens is 464 g/mol. The first-order valence-corrected chi connectivity index (χ1v) is 12.1. The second-order valence-corrected chi connectivity index (χ2v) is 9.42. The topological polar surface area (TPSA) is 94.6 Å². The highest BCUT2D eigenvalue weighted by molar-refractivity contribution is 6.19. The normalized spacial score (nSPS) is 12.1. The standard InChI is InChI=1S/C31H28N2O4/c1-18-15-19(2)23(20(3)16-18)17-33-24-12-7-11-22(30(32)34)27(24)28-25(33)13-8-14-26(28)37-29(31(35)36)21-9-5-4-6-10-21/h4-16,29H,17H2,1-3H3,(H2,32,34)(H,35,36). The number of hydrogen-bond donors (Lipinski definition) is 2. The highest BCUT2D eigenvalue weighted by atomic mass is 16.5. The van der Waals surface area contributed by atoms with E-state index in [1.165, 1.54) is 22.3 Å². The van der Waals surface area contributed by atoms with E-state index in [9.17, 15) is 14.7 Å². The Bertz CT molecular complexity index is 1640. The van der Waals surface area contributed by atoms with Gasteiger partial charge in [0, 0.05) is 23.1 Å². The van der Waals surface area contributed by atoms with Crippen LogP contribution in [0.2, 0.25) is 0 Å². The molecule has 0 saturated heterocycles. The van der Waals surface area contributed by atoms with Crippen molar-refractivity contribution in [2.75, 3.05) is 0 Å². The number of aryl methyl sites for hydroxylation is 3. The number of aromatic nitrogens is 1. The number of primary amides is 1. The van der Waals surface area contributed by atoms with Crippen LogP contribution >= 0.6 is 0 Å². The molecule has 0 aliphatic carbocycles. The van der Waals surface area contributed by atoms with Crippen molar-refractivity contribution in [3.8, 4) is 5.75 Å². The molecule has 0 radical (unpaired) electrons. The maximum atomic E-state index is 12.5. The van der Waals surface area contributed by atoms with E-state index in [4.69, 9.17) is 10.5 Å². The zero-order chi connectivity index (χ0) is 26.3. The van der Waals surface area contributed by atoms with Crippen molar-refractivity contribution in [2.24, 2.45) is 5.73 Å². The first kappa shape index (κ1) is 24.1. The molecule has 0 saturated carbocycles. The molecule has 6 nitrogen and oxygen atoms in total. The van der Waals surface area contributed by atoms with Crippen molar-refractivity contribution in [3.63, 3.8) is 0 Å². The third-order valence-electron chi connectivity index (χ3n) is 6.87. The van der Waals surface area contributed by atoms with Gasteiger partial charge in [0.15, 0.2) is 0 Å². The van der Waals surface area contributed by atoms with Crippen LogP contribution in [0.4, 0.5) is 0 Å². The quantitative estimate of drug-likeness (QED) is 0.288. The average molecular weight is 493 g/mol. The predicted molar refractivity (Wildman–Crippen MR) is 145 cm³/mol. The summed E-state index contributed by atoms with van der Waals surface area (Å²) in [6.07, 6.45) is -1.22. The predicted octanol–water partition coefficient (Wildman–Crippen LogP) is 6.07. The molecule has 1 unspecified atom stereocenters. The van der Waals surface area contributed by atoms with E-state index in [0.717, 1.165) is 11.0 Å². The smallest absolute Gasteiger partial charge is 0.349 e. The molecule has 1 heterocycles. The first-order valence-electron chi connectivity index (χ1n) is 12.1. The number of amides is 1. The van der Waals surface area contributed by atoms with Crippen molar-refractivity contribution >= 4 is 33.7 Å². The van der Waals surface area contributed by atoms with Gasteiger partial charge in [-0.25, -0.2) is 4.79 Å². The van der Waals surface area contributed by atoms with Crippen LogP contribution in [0.25, 0.3) is 21.8 Å². The third-order valence-corrected chi connectivity index (χ3v) is 6.87. The van der Waals surface area contributed by atoms with Gasteiger partial charge in [-0.05, 0) is 61.7 Å². The van der Waals surface area contributed by atoms with E-state index in [2.05, 4.69) is 37.5 Å². The summed E-state index contributed by atoms with van der Waals surface area (Å²) >= 11 is 0. The first-order chi connectivity index (χ1) is 17.8. The summed E-state index contributed by atoms with van der Waals surface area (Å²) in [5.74, 6) is -1.28. The average Bonchev–Trinajstić information content (AvgIpc) is 3.19. The molecule has 1 amide bonds. The van der Waals surface area contributed by atoms with E-state index in [-0.39, 0.29) is 0 Å². The summed E-state index contributed by atoms with van der Waals surface area (Å²) in [4.78, 5) is 24.7. The van der Waals surface area contributed by atoms with Crippen LogP contribution in [0, 0.1) is 20.8 Å². The fourth-order valence-electron chi connectivity index (χ4n) is 5.26. The highest BCUT2D eigenvalue weighted by Crippen LogP contribution is 2.40. The molecule has 0 bridgehead atoms. The Labute approximate surface area is 214 Å². The summed E-state index contributed by atoms with van der Waals surface area (Å²) in [6.45, 7) is 6.86. The third kappa shape index (κ3) is 4.31. The molecule has 1 aromatic heterocycles. The number of benzene rings is 4. The molecule has 0 aliphatic rings. The largest absolute Gasteiger partial charge is 0.478 e. The number of carbonyl (C=O) groups excluding carboxylic acids is 1. The molecular formula is C31H28N2O4. The van der Waals surface area contributed by atoms with Crippen LogP contribution < -0.4 is 10.5 Å². The van der Waals surface area contributed by atoms with Crippen molar-refractivity contribution in [1.82, 2.24) is 4.57 Å². The Hall–Kier alpha value is -4.58. The van der Waals surface area contributed by atoms with Gasteiger partial charge in [0.25, 0.3) is 0 Å². The molecule has 0 fully saturated rings. The van der Waals surface area contributed by atoms with Crippen LogP contribution in [0.5, 0.6) is 5.75 Å². The minimum atomic E-state index is -1.22. The number of ether oxygens (including phenoxy) is 1. The lowest BCUT2D eigenvalue weighted by Gasteiger charge is -2.17. The number of nitrogens with zero attached hydrogens (tertiary/aromatic N) is 1. The lowest BCUT2D eigenvalue weighted by Crippen LogP contribution is -2.18. The molecule has 37 heavy (non-hydrogen) atoms. The van der Waals surface area contributed by atoms with Gasteiger partial charge in [0.05, 0.1) is 16.4 Å². The number of rotatable bonds is 7. The molecule has 5 rings (SSSR count). The van der Waals surface area contributed by atoms with E-state index in [1.807, 2.05) is 30.3 Å². The van der Waals surface area contributed by atoms with Gasteiger partial charge in [-0.3, -0.25) is 4.79 Å². The van der Waals surface area contributed by atoms with Crippen molar-refractivity contribution < 1.29 is 19.4 Å². The lowest BCUT2D eigenvalue weighted by molar-refractivity contribution is -0.145. The molecule has 5 aromatic rings. The number of carboxylic acids is 1. The van der Waals surface area contributed by atoms with Gasteiger partial charge in [-0.15, -0.1) is 0 Å². The number of nitrogens with two attached hydrogens (primary N) is 1. The molecule has 4 aromatic carbocycles. The highest BCUT2D eigenvalue weighted by Gasteiger charge is 2.25. The van der Waals surface area contributed by atoms with Crippen molar-refractivity contribution in [3.05, 3.63) is 112 Å². The Morgan fingerprint density at radius 1 is 0.865 bits per heavy atom. The van der Waals surface area contributed by atoms with Crippen LogP contribution in [0.1, 0.15) is 44.3 Å². The summed E-state index contributed by atoms with van der Waals surface area (Å²) in [6, 6.07) is 24.2. The van der Waals surface area contributed by atoms with Crippen LogP contribution in [-0.4, -0.2) is 21.6 Å². The van der Waals surface area contributed by atoms with Gasteiger partial charge in [-0.2, -0.15) is 0 Å². The Morgan fingerprint density at radius 3 is 2.11 bits per heavy atom. The van der Waals surface area contributed by atoms with Gasteiger partial charge < -0.3 is 20.1 Å². The monoisotopic (exact) mass is 492 g/mol. The van der Waals surface area contributed by atoms with Crippen molar-refractivity contribution in [2.45, 2.75) is 33.4 Å². The maximum absolute atomic E-state index is 12.5. The Balaban J connectivity index is 1.77. The van der Waals surface area contributed by atoms with E-state index >= 15 is 0 Å². The van der Waals surface area contributed by atoms with Crippen LogP contribution in [0.15, 0.2) is 78.9 Å². The van der Waals surface area contributed by atoms with Gasteiger partial charge >= 0.3 is 5.97 Å². The van der Waals surface area contributed by atoms with E-state index in [1.54, 1.807) is 36.4 Å². The van der Waals surface area contributed by atoms with Crippen molar-refractivity contribution in [1.29, 1.82) is 0 Å². The minimum Gasteiger partial charge on any atom is -0.478 e. The van der Waals surface area contributed by atoms with E-state index < -0.39 is 18.0 Å². The Kier molecular flexibility index (Phi) is 6.17. The molecule has 0 spiro atoms. The number of carboxylic acid groups (broad SMARTS) is 1. The number of aliphatic carboxylic acids is 1. The molecule has 0 aliphatic heterocycles. The molecule has 1 atom stereocenters. The fourth-order valence-corrected chi connectivity index (χ4v) is 5.26. The number of fused-ring (bicyclic) bond motifs is 3. The maximum Gasteiger partial charge on any atom is 0.349 e. The zero-order valence-electron chi connectivity index (χ0n) is 21.0. The van der Waals surface area contributed by atoms with Crippen LogP contribution in [0.3, 0.4) is 0 Å². The lowest BCUT2D eigenvalue weighted by atomic mass is 9.99. The van der Waals surface area contributed by atoms with Gasteiger partial charge in [-0.1, -0.05) is 60.2 Å². The molecule has 6 heteroatoms. The second-order valence-electron chi connectivity index (χ2n) is 9.42. The summed E-state index contributed by atoms with van der Waals surface area (Å²) in [5, 5.41) is 11.3. The SMILES string of the molecule is Cc1cc(C)c(Cn2c3cccc(OC(C(=O)O)c4ccccc4)c3c3c(C(N)=O)cccc32)c(C)c1. The van der Waals surface area contributed by atoms with E-state index in [0.29, 0.717) is 34.2 Å². The number of hydrogen-bond acceptors (Lipinski definition) is 3. The van der Waals surface area contributed by atoms with Gasteiger partial charge in [0.1, 0.15) is 5.75 Å². The molecule has 186 valence electrons. The number of carbonyl (C=O) groups is 2. The summed E-state index contributed by atoms with van der Waals surface area (Å²) in [7, 11) is 0. The van der Waals surface area contributed by atoms with Crippen LogP contribution in [-0.2, 0) is 11.3 Å². The summed E-state index contributed by atoms with van der Waals surface area (Å²) in [5.41, 5.74) is 13.1. The fraction of sp³-hybridized carbons (Fsp3) is 0.161. The Morgan fingerprint density at radius 2 is 1.49 bits per heavy atom. The zero-order valence-corrected chi connectivity index (χ0v) is 21.0.